The van der Waals surface area contributed by atoms with Gasteiger partial charge in [0.15, 0.2) is 11.2 Å². The van der Waals surface area contributed by atoms with Crippen molar-refractivity contribution in [3.63, 3.8) is 0 Å². The molecule has 2 aromatic heterocycles. The molecule has 0 aliphatic heterocycles. The van der Waals surface area contributed by atoms with E-state index in [4.69, 9.17) is 9.68 Å². The third-order valence-corrected chi connectivity index (χ3v) is 2.34. The van der Waals surface area contributed by atoms with E-state index in [2.05, 4.69) is 11.1 Å². The van der Waals surface area contributed by atoms with Crippen LogP contribution in [-0.2, 0) is 6.54 Å². The van der Waals surface area contributed by atoms with Crippen LogP contribution >= 0.6 is 0 Å². The summed E-state index contributed by atoms with van der Waals surface area (Å²) in [5, 5.41) is 8.40. The van der Waals surface area contributed by atoms with Crippen molar-refractivity contribution in [3.8, 4) is 6.07 Å². The van der Waals surface area contributed by atoms with Gasteiger partial charge >= 0.3 is 5.76 Å². The van der Waals surface area contributed by atoms with Crippen LogP contribution in [0.4, 0.5) is 0 Å². The summed E-state index contributed by atoms with van der Waals surface area (Å²) in [7, 11) is 0. The van der Waals surface area contributed by atoms with Crippen LogP contribution in [0.2, 0.25) is 0 Å². The van der Waals surface area contributed by atoms with Gasteiger partial charge < -0.3 is 4.42 Å². The highest BCUT2D eigenvalue weighted by atomic mass is 16.4. The summed E-state index contributed by atoms with van der Waals surface area (Å²) in [6, 6.07) is 5.52. The molecule has 0 aromatic carbocycles. The van der Waals surface area contributed by atoms with Gasteiger partial charge in [-0.25, -0.2) is 9.78 Å². The Balaban J connectivity index is 2.20. The lowest BCUT2D eigenvalue weighted by Gasteiger charge is -1.98. The fourth-order valence-corrected chi connectivity index (χ4v) is 1.57. The summed E-state index contributed by atoms with van der Waals surface area (Å²) >= 11 is 0. The van der Waals surface area contributed by atoms with E-state index in [0.29, 0.717) is 24.2 Å². The zero-order chi connectivity index (χ0) is 11.4. The molecule has 0 N–H and O–H groups in total. The normalized spacial score (nSPS) is 10.4. The average molecular weight is 217 g/mol. The number of rotatable bonds is 4. The highest BCUT2D eigenvalue weighted by molar-refractivity contribution is 5.67. The minimum atomic E-state index is -0.384. The van der Waals surface area contributed by atoms with Crippen molar-refractivity contribution in [1.82, 2.24) is 9.55 Å². The van der Waals surface area contributed by atoms with Crippen LogP contribution in [0.5, 0.6) is 0 Å². The second kappa shape index (κ2) is 4.62. The number of oxazole rings is 1. The molecule has 0 atom stereocenters. The van der Waals surface area contributed by atoms with Gasteiger partial charge in [-0.05, 0) is 25.0 Å². The highest BCUT2D eigenvalue weighted by Crippen LogP contribution is 2.09. The molecular weight excluding hydrogens is 206 g/mol. The van der Waals surface area contributed by atoms with Gasteiger partial charge in [-0.2, -0.15) is 5.26 Å². The van der Waals surface area contributed by atoms with Gasteiger partial charge in [0, 0.05) is 19.2 Å². The molecule has 0 spiro atoms. The number of aromatic nitrogens is 2. The number of nitrogens with zero attached hydrogens (tertiary/aromatic N) is 3. The van der Waals surface area contributed by atoms with E-state index in [0.717, 1.165) is 12.8 Å². The van der Waals surface area contributed by atoms with Crippen LogP contribution < -0.4 is 5.76 Å². The fourth-order valence-electron chi connectivity index (χ4n) is 1.57. The van der Waals surface area contributed by atoms with Gasteiger partial charge in [0.05, 0.1) is 6.07 Å². The number of pyridine rings is 1. The Labute approximate surface area is 91.9 Å². The maximum atomic E-state index is 11.5. The Morgan fingerprint density at radius 2 is 2.38 bits per heavy atom. The monoisotopic (exact) mass is 217 g/mol. The Morgan fingerprint density at radius 3 is 3.19 bits per heavy atom. The molecule has 2 heterocycles. The van der Waals surface area contributed by atoms with Crippen LogP contribution in [0.3, 0.4) is 0 Å². The largest absolute Gasteiger partial charge is 0.421 e. The lowest BCUT2D eigenvalue weighted by atomic mass is 10.2. The van der Waals surface area contributed by atoms with E-state index in [1.165, 1.54) is 4.57 Å². The van der Waals surface area contributed by atoms with Crippen molar-refractivity contribution in [3.05, 3.63) is 28.9 Å². The third-order valence-electron chi connectivity index (χ3n) is 2.34. The first-order valence-corrected chi connectivity index (χ1v) is 5.14. The van der Waals surface area contributed by atoms with E-state index in [9.17, 15) is 4.79 Å². The Kier molecular flexibility index (Phi) is 3.01. The highest BCUT2D eigenvalue weighted by Gasteiger charge is 2.08. The molecule has 82 valence electrons. The van der Waals surface area contributed by atoms with Crippen molar-refractivity contribution in [2.24, 2.45) is 0 Å². The van der Waals surface area contributed by atoms with E-state index in [-0.39, 0.29) is 5.76 Å². The molecular formula is C11H11N3O2. The van der Waals surface area contributed by atoms with Crippen LogP contribution in [0.25, 0.3) is 11.2 Å². The number of fused-ring (bicyclic) bond motifs is 1. The molecule has 0 fully saturated rings. The molecule has 0 saturated carbocycles. The molecule has 0 aliphatic rings. The lowest BCUT2D eigenvalue weighted by molar-refractivity contribution is 0.493. The molecule has 16 heavy (non-hydrogen) atoms. The number of unbranched alkanes of at least 4 members (excludes halogenated alkanes) is 2. The second-order valence-electron chi connectivity index (χ2n) is 3.46. The van der Waals surface area contributed by atoms with Gasteiger partial charge in [0.2, 0.25) is 0 Å². The molecule has 5 nitrogen and oxygen atoms in total. The predicted octanol–water partition coefficient (Wildman–Crippen LogP) is 1.68. The van der Waals surface area contributed by atoms with Gasteiger partial charge in [0.25, 0.3) is 0 Å². The van der Waals surface area contributed by atoms with Crippen LogP contribution in [0.1, 0.15) is 19.3 Å². The first-order valence-electron chi connectivity index (χ1n) is 5.14. The van der Waals surface area contributed by atoms with Gasteiger partial charge in [-0.3, -0.25) is 4.57 Å². The van der Waals surface area contributed by atoms with Crippen LogP contribution in [0.15, 0.2) is 27.5 Å². The SMILES string of the molecule is N#CCCCCn1c(=O)oc2cccnc21. The smallest absolute Gasteiger partial charge is 0.406 e. The van der Waals surface area contributed by atoms with Crippen molar-refractivity contribution in [2.45, 2.75) is 25.8 Å². The Bertz CT molecular complexity index is 577. The summed E-state index contributed by atoms with van der Waals surface area (Å²) in [5.74, 6) is -0.384. The fraction of sp³-hybridized carbons (Fsp3) is 0.364. The summed E-state index contributed by atoms with van der Waals surface area (Å²) in [5.41, 5.74) is 1.08. The average Bonchev–Trinajstić information content (AvgIpc) is 2.61. The van der Waals surface area contributed by atoms with Crippen LogP contribution in [-0.4, -0.2) is 9.55 Å². The van der Waals surface area contributed by atoms with Crippen molar-refractivity contribution in [1.29, 1.82) is 5.26 Å². The van der Waals surface area contributed by atoms with Gasteiger partial charge in [0.1, 0.15) is 0 Å². The van der Waals surface area contributed by atoms with E-state index in [1.54, 1.807) is 18.3 Å². The standard InChI is InChI=1S/C11H11N3O2/c12-6-2-1-3-8-14-10-9(16-11(14)15)5-4-7-13-10/h4-5,7H,1-3,8H2. The topological polar surface area (TPSA) is 71.8 Å². The number of aryl methyl sites for hydroxylation is 1. The number of hydrogen-bond acceptors (Lipinski definition) is 4. The molecule has 0 radical (unpaired) electrons. The molecule has 2 aromatic rings. The molecule has 5 heteroatoms. The first kappa shape index (κ1) is 10.4. The maximum absolute atomic E-state index is 11.5. The molecule has 0 bridgehead atoms. The van der Waals surface area contributed by atoms with E-state index in [1.807, 2.05) is 0 Å². The molecule has 0 aliphatic carbocycles. The van der Waals surface area contributed by atoms with Gasteiger partial charge in [-0.1, -0.05) is 0 Å². The summed E-state index contributed by atoms with van der Waals surface area (Å²) in [6.07, 6.45) is 3.70. The zero-order valence-corrected chi connectivity index (χ0v) is 8.72. The maximum Gasteiger partial charge on any atom is 0.421 e. The molecule has 0 unspecified atom stereocenters. The van der Waals surface area contributed by atoms with Crippen LogP contribution in [0, 0.1) is 11.3 Å². The Morgan fingerprint density at radius 1 is 1.50 bits per heavy atom. The predicted molar refractivity (Wildman–Crippen MR) is 57.7 cm³/mol. The number of hydrogen-bond donors (Lipinski definition) is 0. The van der Waals surface area contributed by atoms with Gasteiger partial charge in [-0.15, -0.1) is 0 Å². The molecule has 2 rings (SSSR count). The van der Waals surface area contributed by atoms with E-state index < -0.39 is 0 Å². The van der Waals surface area contributed by atoms with Crippen molar-refractivity contribution in [2.75, 3.05) is 0 Å². The molecule has 0 saturated heterocycles. The second-order valence-corrected chi connectivity index (χ2v) is 3.46. The zero-order valence-electron chi connectivity index (χ0n) is 8.72. The lowest BCUT2D eigenvalue weighted by Crippen LogP contribution is -2.14. The van der Waals surface area contributed by atoms with Crippen molar-refractivity contribution < 1.29 is 4.42 Å². The van der Waals surface area contributed by atoms with E-state index >= 15 is 0 Å². The summed E-state index contributed by atoms with van der Waals surface area (Å²) in [4.78, 5) is 15.6. The summed E-state index contributed by atoms with van der Waals surface area (Å²) in [6.45, 7) is 0.546. The third kappa shape index (κ3) is 1.96. The Hall–Kier alpha value is -2.09. The summed E-state index contributed by atoms with van der Waals surface area (Å²) < 4.78 is 6.54. The van der Waals surface area contributed by atoms with Crippen molar-refractivity contribution >= 4 is 11.2 Å². The minimum absolute atomic E-state index is 0.384. The quantitative estimate of drug-likeness (QED) is 0.730. The number of nitriles is 1. The molecule has 0 amide bonds. The minimum Gasteiger partial charge on any atom is -0.406 e. The first-order chi connectivity index (χ1) is 7.83.